The summed E-state index contributed by atoms with van der Waals surface area (Å²) in [6.45, 7) is 7.93. The van der Waals surface area contributed by atoms with Gasteiger partial charge in [0, 0.05) is 30.4 Å². The Hall–Kier alpha value is -2.94. The number of rotatable bonds is 5. The molecular weight excluding hydrogens is 388 g/mol. The number of nitrogens with one attached hydrogen (secondary N) is 2. The monoisotopic (exact) mass is 417 g/mol. The van der Waals surface area contributed by atoms with Crippen LogP contribution in [0.25, 0.3) is 0 Å². The van der Waals surface area contributed by atoms with Crippen LogP contribution in [0.4, 0.5) is 14.5 Å². The second-order valence-corrected chi connectivity index (χ2v) is 7.84. The molecule has 1 heterocycles. The first kappa shape index (κ1) is 21.8. The van der Waals surface area contributed by atoms with Crippen molar-refractivity contribution >= 4 is 17.5 Å². The Bertz CT molecular complexity index is 883. The summed E-state index contributed by atoms with van der Waals surface area (Å²) >= 11 is 0. The van der Waals surface area contributed by atoms with Gasteiger partial charge in [-0.3, -0.25) is 4.90 Å². The van der Waals surface area contributed by atoms with Crippen LogP contribution in [0.5, 0.6) is 0 Å². The van der Waals surface area contributed by atoms with Crippen molar-refractivity contribution in [3.05, 3.63) is 54.1 Å². The molecule has 1 aromatic rings. The first-order valence-corrected chi connectivity index (χ1v) is 10.1. The van der Waals surface area contributed by atoms with Gasteiger partial charge in [-0.05, 0) is 51.7 Å². The summed E-state index contributed by atoms with van der Waals surface area (Å²) in [5.74, 6) is -0.0144. The highest BCUT2D eigenvalue weighted by Gasteiger charge is 2.31. The minimum absolute atomic E-state index is 0.0589. The van der Waals surface area contributed by atoms with Gasteiger partial charge in [-0.2, -0.15) is 0 Å². The van der Waals surface area contributed by atoms with Crippen molar-refractivity contribution in [1.82, 2.24) is 10.2 Å². The van der Waals surface area contributed by atoms with Crippen LogP contribution < -0.4 is 22.1 Å². The summed E-state index contributed by atoms with van der Waals surface area (Å²) in [5, 5.41) is 6.26. The molecule has 0 amide bonds. The van der Waals surface area contributed by atoms with E-state index in [1.165, 1.54) is 18.3 Å². The fourth-order valence-electron chi connectivity index (χ4n) is 3.61. The Morgan fingerprint density at radius 2 is 2.00 bits per heavy atom. The lowest BCUT2D eigenvalue weighted by molar-refractivity contribution is 0.360. The second-order valence-electron chi connectivity index (χ2n) is 7.84. The molecule has 7 nitrogen and oxygen atoms in total. The third-order valence-corrected chi connectivity index (χ3v) is 5.15. The molecule has 1 aliphatic heterocycles. The molecular formula is C21H29F2N7. The molecule has 0 radical (unpaired) electrons. The molecule has 9 heteroatoms. The number of amidine groups is 1. The number of aliphatic imine (C=N–C) groups is 2. The topological polar surface area (TPSA) is 104 Å². The van der Waals surface area contributed by atoms with Crippen LogP contribution >= 0.6 is 0 Å². The van der Waals surface area contributed by atoms with Crippen LogP contribution in [0.1, 0.15) is 39.5 Å². The number of hydrogen-bond acceptors (Lipinski definition) is 6. The first-order chi connectivity index (χ1) is 14.3. The van der Waals surface area contributed by atoms with Gasteiger partial charge in [-0.25, -0.2) is 18.8 Å². The normalized spacial score (nSPS) is 24.5. The number of halogens is 2. The van der Waals surface area contributed by atoms with Crippen molar-refractivity contribution in [3.8, 4) is 0 Å². The van der Waals surface area contributed by atoms with Gasteiger partial charge in [0.15, 0.2) is 5.84 Å². The molecule has 0 unspecified atom stereocenters. The maximum atomic E-state index is 14.1. The third-order valence-electron chi connectivity index (χ3n) is 5.15. The maximum absolute atomic E-state index is 14.1. The molecule has 162 valence electrons. The molecule has 0 atom stereocenters. The van der Waals surface area contributed by atoms with E-state index in [2.05, 4.69) is 27.2 Å². The highest BCUT2D eigenvalue weighted by molar-refractivity contribution is 6.18. The quantitative estimate of drug-likeness (QED) is 0.590. The van der Waals surface area contributed by atoms with Crippen LogP contribution in [-0.4, -0.2) is 34.8 Å². The summed E-state index contributed by atoms with van der Waals surface area (Å²) in [4.78, 5) is 10.9. The highest BCUT2D eigenvalue weighted by atomic mass is 19.1. The lowest BCUT2D eigenvalue weighted by atomic mass is 9.92. The van der Waals surface area contributed by atoms with Crippen LogP contribution in [0.15, 0.2) is 52.5 Å². The van der Waals surface area contributed by atoms with Crippen molar-refractivity contribution in [2.75, 3.05) is 5.32 Å². The predicted octanol–water partition coefficient (Wildman–Crippen LogP) is 2.99. The molecule has 1 saturated carbocycles. The number of benzene rings is 1. The number of nitrogens with two attached hydrogens (primary N) is 2. The Balaban J connectivity index is 1.80. The Morgan fingerprint density at radius 1 is 1.30 bits per heavy atom. The summed E-state index contributed by atoms with van der Waals surface area (Å²) in [6, 6.07) is 3.78. The zero-order valence-corrected chi connectivity index (χ0v) is 17.3. The van der Waals surface area contributed by atoms with Gasteiger partial charge in [0.25, 0.3) is 0 Å². The highest BCUT2D eigenvalue weighted by Crippen LogP contribution is 2.24. The van der Waals surface area contributed by atoms with E-state index in [0.717, 1.165) is 31.7 Å². The lowest BCUT2D eigenvalue weighted by Gasteiger charge is -2.28. The SMILES string of the molecule is C=C(/N=C1\C(=C/N)N=C(Nc2ccc(F)cc2F)N1C(C)C)N[C@H]1CC[C@H](N)CC1. The molecule has 6 N–H and O–H groups in total. The Kier molecular flexibility index (Phi) is 6.71. The average Bonchev–Trinajstić information content (AvgIpc) is 3.03. The van der Waals surface area contributed by atoms with E-state index in [1.807, 2.05) is 13.8 Å². The largest absolute Gasteiger partial charge is 0.403 e. The van der Waals surface area contributed by atoms with Gasteiger partial charge in [0.2, 0.25) is 5.96 Å². The Labute approximate surface area is 175 Å². The molecule has 0 aromatic heterocycles. The number of guanidine groups is 1. The van der Waals surface area contributed by atoms with Gasteiger partial charge in [0.05, 0.1) is 5.69 Å². The Morgan fingerprint density at radius 3 is 2.60 bits per heavy atom. The molecule has 2 aliphatic rings. The van der Waals surface area contributed by atoms with Gasteiger partial charge in [-0.1, -0.05) is 6.58 Å². The molecule has 0 bridgehead atoms. The van der Waals surface area contributed by atoms with Gasteiger partial charge < -0.3 is 22.1 Å². The summed E-state index contributed by atoms with van der Waals surface area (Å²) in [6.07, 6.45) is 5.20. The number of hydrogen-bond donors (Lipinski definition) is 4. The lowest BCUT2D eigenvalue weighted by Crippen LogP contribution is -2.42. The fourth-order valence-corrected chi connectivity index (χ4v) is 3.61. The maximum Gasteiger partial charge on any atom is 0.210 e. The van der Waals surface area contributed by atoms with E-state index < -0.39 is 11.6 Å². The van der Waals surface area contributed by atoms with Crippen molar-refractivity contribution in [2.24, 2.45) is 21.5 Å². The standard InChI is InChI=1S/C21H29F2N7/c1-12(2)30-20(27-13(3)26-16-7-5-15(25)6-8-16)19(11-24)29-21(30)28-18-9-4-14(22)10-17(18)23/h4,9-12,15-16,26H,3,5-8,24-25H2,1-2H3,(H,28,29)/b19-11+,27-20+/t15-,16-. The average molecular weight is 418 g/mol. The minimum Gasteiger partial charge on any atom is -0.403 e. The molecule has 3 rings (SSSR count). The number of nitrogens with zero attached hydrogens (tertiary/aromatic N) is 3. The predicted molar refractivity (Wildman–Crippen MR) is 117 cm³/mol. The van der Waals surface area contributed by atoms with Crippen molar-refractivity contribution < 1.29 is 8.78 Å². The second kappa shape index (κ2) is 9.25. The van der Waals surface area contributed by atoms with Crippen molar-refractivity contribution in [2.45, 2.75) is 57.7 Å². The summed E-state index contributed by atoms with van der Waals surface area (Å²) < 4.78 is 27.4. The third kappa shape index (κ3) is 4.96. The zero-order valence-electron chi connectivity index (χ0n) is 17.3. The molecule has 1 fully saturated rings. The molecule has 30 heavy (non-hydrogen) atoms. The van der Waals surface area contributed by atoms with Gasteiger partial charge in [0.1, 0.15) is 23.2 Å². The van der Waals surface area contributed by atoms with Crippen LogP contribution in [-0.2, 0) is 0 Å². The van der Waals surface area contributed by atoms with E-state index in [9.17, 15) is 8.78 Å². The van der Waals surface area contributed by atoms with E-state index in [0.29, 0.717) is 23.3 Å². The van der Waals surface area contributed by atoms with Crippen LogP contribution in [0, 0.1) is 11.6 Å². The van der Waals surface area contributed by atoms with E-state index in [4.69, 9.17) is 11.5 Å². The number of anilines is 1. The molecule has 0 saturated heterocycles. The van der Waals surface area contributed by atoms with Crippen LogP contribution in [0.3, 0.4) is 0 Å². The molecule has 1 aliphatic carbocycles. The van der Waals surface area contributed by atoms with Crippen molar-refractivity contribution in [1.29, 1.82) is 0 Å². The van der Waals surface area contributed by atoms with Crippen LogP contribution in [0.2, 0.25) is 0 Å². The van der Waals surface area contributed by atoms with Gasteiger partial charge in [-0.15, -0.1) is 0 Å². The fraction of sp³-hybridized carbons (Fsp3) is 0.429. The minimum atomic E-state index is -0.716. The van der Waals surface area contributed by atoms with Gasteiger partial charge >= 0.3 is 0 Å². The van der Waals surface area contributed by atoms with Crippen molar-refractivity contribution in [3.63, 3.8) is 0 Å². The smallest absolute Gasteiger partial charge is 0.210 e. The van der Waals surface area contributed by atoms with E-state index in [1.54, 1.807) is 4.90 Å². The summed E-state index contributed by atoms with van der Waals surface area (Å²) in [7, 11) is 0. The zero-order chi connectivity index (χ0) is 21.8. The van der Waals surface area contributed by atoms with E-state index in [-0.39, 0.29) is 23.8 Å². The molecule has 1 aromatic carbocycles. The summed E-state index contributed by atoms with van der Waals surface area (Å²) in [5.41, 5.74) is 12.3. The first-order valence-electron chi connectivity index (χ1n) is 10.1. The van der Waals surface area contributed by atoms with E-state index >= 15 is 0 Å². The molecule has 0 spiro atoms.